The Hall–Kier alpha value is -3.17. The van der Waals surface area contributed by atoms with Gasteiger partial charge in [-0.15, -0.1) is 0 Å². The Morgan fingerprint density at radius 3 is 2.68 bits per heavy atom. The van der Waals surface area contributed by atoms with Gasteiger partial charge in [0.25, 0.3) is 5.91 Å². The molecule has 9 heteroatoms. The Labute approximate surface area is 177 Å². The van der Waals surface area contributed by atoms with Gasteiger partial charge in [-0.05, 0) is 60.0 Å². The highest BCUT2D eigenvalue weighted by molar-refractivity contribution is 6.06. The predicted molar refractivity (Wildman–Crippen MR) is 112 cm³/mol. The Morgan fingerprint density at radius 2 is 1.97 bits per heavy atom. The lowest BCUT2D eigenvalue weighted by atomic mass is 10.00. The maximum absolute atomic E-state index is 14.5. The van der Waals surface area contributed by atoms with Crippen LogP contribution in [0.15, 0.2) is 60.3 Å². The molecule has 5 N–H and O–H groups in total. The van der Waals surface area contributed by atoms with Crippen LogP contribution in [0.2, 0.25) is 0 Å². The van der Waals surface area contributed by atoms with Crippen LogP contribution in [0.5, 0.6) is 0 Å². The lowest BCUT2D eigenvalue weighted by molar-refractivity contribution is -0.112. The maximum Gasteiger partial charge on any atom is 0.415 e. The molecule has 0 saturated heterocycles. The maximum atomic E-state index is 14.5. The van der Waals surface area contributed by atoms with Crippen molar-refractivity contribution in [2.45, 2.75) is 25.7 Å². The fourth-order valence-electron chi connectivity index (χ4n) is 3.13. The molecule has 2 aromatic rings. The molecule has 0 saturated carbocycles. The van der Waals surface area contributed by atoms with Crippen molar-refractivity contribution in [3.63, 3.8) is 0 Å². The molecule has 0 aliphatic carbocycles. The first-order valence-electron chi connectivity index (χ1n) is 9.54. The normalized spacial score (nSPS) is 14.0. The summed E-state index contributed by atoms with van der Waals surface area (Å²) in [5, 5.41) is 8.15. The van der Waals surface area contributed by atoms with E-state index < -0.39 is 29.2 Å². The molecule has 2 aromatic carbocycles. The lowest BCUT2D eigenvalue weighted by Gasteiger charge is -2.19. The molecule has 0 radical (unpaired) electrons. The molecule has 1 aliphatic heterocycles. The second-order valence-corrected chi connectivity index (χ2v) is 7.09. The summed E-state index contributed by atoms with van der Waals surface area (Å²) in [5.74, 6) is -1.61. The first-order valence-corrected chi connectivity index (χ1v) is 9.54. The van der Waals surface area contributed by atoms with Crippen LogP contribution in [-0.2, 0) is 24.3 Å². The number of benzene rings is 2. The molecule has 0 unspecified atom stereocenters. The van der Waals surface area contributed by atoms with E-state index in [1.807, 2.05) is 0 Å². The summed E-state index contributed by atoms with van der Waals surface area (Å²) in [6, 6.07) is 9.38. The van der Waals surface area contributed by atoms with E-state index in [-0.39, 0.29) is 12.2 Å². The first-order chi connectivity index (χ1) is 14.7. The highest BCUT2D eigenvalue weighted by atomic mass is 19.4. The van der Waals surface area contributed by atoms with E-state index in [1.165, 1.54) is 12.1 Å². The molecule has 0 bridgehead atoms. The monoisotopic (exact) mass is 434 g/mol. The smallest absolute Gasteiger partial charge is 0.351 e. The first kappa shape index (κ1) is 22.5. The summed E-state index contributed by atoms with van der Waals surface area (Å²) in [4.78, 5) is 12.8. The van der Waals surface area contributed by atoms with Crippen molar-refractivity contribution in [3.8, 4) is 0 Å². The van der Waals surface area contributed by atoms with Crippen molar-refractivity contribution in [2.24, 2.45) is 5.73 Å². The molecule has 3 rings (SSSR count). The topological polar surface area (TPSA) is 79.2 Å². The number of fused-ring (bicyclic) bond motifs is 1. The molecule has 1 heterocycles. The number of alkyl halides is 3. The third-order valence-electron chi connectivity index (χ3n) is 4.79. The van der Waals surface area contributed by atoms with Gasteiger partial charge in [-0.3, -0.25) is 4.79 Å². The van der Waals surface area contributed by atoms with Crippen molar-refractivity contribution in [2.75, 3.05) is 17.2 Å². The van der Waals surface area contributed by atoms with Gasteiger partial charge in [-0.2, -0.15) is 13.2 Å². The van der Waals surface area contributed by atoms with Crippen LogP contribution in [0.3, 0.4) is 0 Å². The molecule has 5 nitrogen and oxygen atoms in total. The van der Waals surface area contributed by atoms with Gasteiger partial charge < -0.3 is 21.7 Å². The minimum atomic E-state index is -4.73. The van der Waals surface area contributed by atoms with Gasteiger partial charge in [0.2, 0.25) is 0 Å². The zero-order valence-electron chi connectivity index (χ0n) is 16.6. The average molecular weight is 434 g/mol. The number of nitrogens with one attached hydrogen (secondary N) is 3. The molecular formula is C22H22F4N4O. The second kappa shape index (κ2) is 9.32. The van der Waals surface area contributed by atoms with Crippen LogP contribution in [0.4, 0.5) is 28.9 Å². The summed E-state index contributed by atoms with van der Waals surface area (Å²) >= 11 is 0. The van der Waals surface area contributed by atoms with Gasteiger partial charge in [0.15, 0.2) is 0 Å². The summed E-state index contributed by atoms with van der Waals surface area (Å²) in [5.41, 5.74) is 6.54. The van der Waals surface area contributed by atoms with Gasteiger partial charge in [0, 0.05) is 18.8 Å². The van der Waals surface area contributed by atoms with Crippen LogP contribution in [0.25, 0.3) is 0 Å². The Balaban J connectivity index is 1.90. The number of carbonyl (C=O) groups excluding carboxylic acids is 1. The van der Waals surface area contributed by atoms with E-state index in [9.17, 15) is 22.4 Å². The van der Waals surface area contributed by atoms with E-state index in [0.29, 0.717) is 36.8 Å². The highest BCUT2D eigenvalue weighted by Gasteiger charge is 2.31. The third kappa shape index (κ3) is 5.71. The average Bonchev–Trinajstić information content (AvgIpc) is 2.73. The van der Waals surface area contributed by atoms with Crippen LogP contribution in [0.1, 0.15) is 16.7 Å². The molecular weight excluding hydrogens is 412 g/mol. The summed E-state index contributed by atoms with van der Waals surface area (Å²) in [7, 11) is 0. The molecule has 1 amide bonds. The van der Waals surface area contributed by atoms with Crippen molar-refractivity contribution in [1.29, 1.82) is 0 Å². The fraction of sp³-hybridized carbons (Fsp3) is 0.227. The highest BCUT2D eigenvalue weighted by Crippen LogP contribution is 2.27. The van der Waals surface area contributed by atoms with E-state index in [4.69, 9.17) is 5.73 Å². The van der Waals surface area contributed by atoms with Gasteiger partial charge in [-0.25, -0.2) is 4.39 Å². The van der Waals surface area contributed by atoms with Gasteiger partial charge >= 0.3 is 6.18 Å². The summed E-state index contributed by atoms with van der Waals surface area (Å²) in [6.45, 7) is 4.42. The lowest BCUT2D eigenvalue weighted by Crippen LogP contribution is -2.25. The zero-order valence-corrected chi connectivity index (χ0v) is 16.6. The minimum Gasteiger partial charge on any atom is -0.351 e. The third-order valence-corrected chi connectivity index (χ3v) is 4.79. The summed E-state index contributed by atoms with van der Waals surface area (Å²) < 4.78 is 53.6. The van der Waals surface area contributed by atoms with Crippen molar-refractivity contribution in [1.82, 2.24) is 5.32 Å². The van der Waals surface area contributed by atoms with Crippen LogP contribution >= 0.6 is 0 Å². The number of nitrogens with two attached hydrogens (primary N) is 1. The number of halogens is 4. The fourth-order valence-corrected chi connectivity index (χ4v) is 3.13. The molecule has 31 heavy (non-hydrogen) atoms. The number of allylic oxidation sites excluding steroid dienone is 2. The second-order valence-electron chi connectivity index (χ2n) is 7.09. The van der Waals surface area contributed by atoms with E-state index >= 15 is 0 Å². The molecule has 0 atom stereocenters. The van der Waals surface area contributed by atoms with E-state index in [2.05, 4.69) is 22.5 Å². The molecule has 0 aromatic heterocycles. The number of hydrogen-bond acceptors (Lipinski definition) is 4. The van der Waals surface area contributed by atoms with Crippen LogP contribution in [-0.4, -0.2) is 18.6 Å². The van der Waals surface area contributed by atoms with Gasteiger partial charge in [0.05, 0.1) is 11.3 Å². The van der Waals surface area contributed by atoms with Crippen molar-refractivity contribution in [3.05, 3.63) is 82.8 Å². The minimum absolute atomic E-state index is 0.105. The quantitative estimate of drug-likeness (QED) is 0.315. The van der Waals surface area contributed by atoms with Crippen molar-refractivity contribution < 1.29 is 22.4 Å². The number of carbonyl (C=O) groups is 1. The van der Waals surface area contributed by atoms with E-state index in [0.717, 1.165) is 11.1 Å². The Bertz CT molecular complexity index is 1030. The Morgan fingerprint density at radius 1 is 1.19 bits per heavy atom. The number of hydrogen-bond donors (Lipinski definition) is 4. The standard InChI is InChI=1S/C22H22F4N4O/c1-13(22(24,25)26)7-20(29-17-4-2-3-14(8-17)11-27)21(31)30-19-10-15-5-6-28-12-16(15)9-18(19)23/h2-4,7-10,28-29H,1,5-6,11-12,27H2,(H,30,31)/b20-7-. The number of amides is 1. The van der Waals surface area contributed by atoms with Gasteiger partial charge in [-0.1, -0.05) is 18.7 Å². The molecule has 0 spiro atoms. The molecule has 164 valence electrons. The largest absolute Gasteiger partial charge is 0.415 e. The van der Waals surface area contributed by atoms with Crippen LogP contribution < -0.4 is 21.7 Å². The SMILES string of the molecule is C=C(/C=C(\Nc1cccc(CN)c1)C(=O)Nc1cc2c(cc1F)CNCC2)C(F)(F)F. The molecule has 1 aliphatic rings. The zero-order chi connectivity index (χ0) is 22.6. The van der Waals surface area contributed by atoms with Crippen LogP contribution in [0, 0.1) is 5.82 Å². The number of anilines is 2. The predicted octanol–water partition coefficient (Wildman–Crippen LogP) is 3.98. The number of rotatable bonds is 6. The van der Waals surface area contributed by atoms with Crippen molar-refractivity contribution >= 4 is 17.3 Å². The van der Waals surface area contributed by atoms with E-state index in [1.54, 1.807) is 24.3 Å². The molecule has 0 fully saturated rings. The summed E-state index contributed by atoms with van der Waals surface area (Å²) in [6.07, 6.45) is -3.49. The Kier molecular flexibility index (Phi) is 6.77. The van der Waals surface area contributed by atoms with Gasteiger partial charge in [0.1, 0.15) is 11.5 Å².